The summed E-state index contributed by atoms with van der Waals surface area (Å²) in [5, 5.41) is 0. The third-order valence-electron chi connectivity index (χ3n) is 2.38. The first kappa shape index (κ1) is 9.09. The highest BCUT2D eigenvalue weighted by Gasteiger charge is 2.03. The molecule has 0 amide bonds. The molecular weight excluding hydrogens is 198 g/mol. The average Bonchev–Trinajstić information content (AvgIpc) is 2.72. The van der Waals surface area contributed by atoms with E-state index in [1.165, 1.54) is 0 Å². The third kappa shape index (κ3) is 1.67. The van der Waals surface area contributed by atoms with Gasteiger partial charge in [-0.25, -0.2) is 4.98 Å². The highest BCUT2D eigenvalue weighted by Crippen LogP contribution is 2.13. The summed E-state index contributed by atoms with van der Waals surface area (Å²) in [5.41, 5.74) is 2.93. The van der Waals surface area contributed by atoms with E-state index in [-0.39, 0.29) is 0 Å². The summed E-state index contributed by atoms with van der Waals surface area (Å²) in [6, 6.07) is 13.8. The molecule has 3 nitrogen and oxygen atoms in total. The van der Waals surface area contributed by atoms with Gasteiger partial charge in [-0.3, -0.25) is 4.98 Å². The zero-order valence-electron chi connectivity index (χ0n) is 8.59. The molecule has 0 aliphatic carbocycles. The molecule has 0 saturated carbocycles. The highest BCUT2D eigenvalue weighted by atomic mass is 14.9. The number of fused-ring (bicyclic) bond motifs is 1. The van der Waals surface area contributed by atoms with E-state index in [0.29, 0.717) is 0 Å². The van der Waals surface area contributed by atoms with Gasteiger partial charge in [0.2, 0.25) is 0 Å². The molecule has 1 aromatic carbocycles. The van der Waals surface area contributed by atoms with E-state index in [2.05, 4.69) is 15.0 Å². The van der Waals surface area contributed by atoms with E-state index in [1.807, 2.05) is 48.9 Å². The number of aromatic nitrogens is 3. The van der Waals surface area contributed by atoms with Crippen LogP contribution in [0.4, 0.5) is 0 Å². The molecule has 1 N–H and O–H groups in total. The molecule has 77 valence electrons. The van der Waals surface area contributed by atoms with E-state index in [0.717, 1.165) is 22.6 Å². The number of imidazole rings is 1. The van der Waals surface area contributed by atoms with Gasteiger partial charge < -0.3 is 4.98 Å². The highest BCUT2D eigenvalue weighted by molar-refractivity contribution is 5.75. The van der Waals surface area contributed by atoms with Gasteiger partial charge in [-0.05, 0) is 24.3 Å². The number of nitrogens with zero attached hydrogens (tertiary/aromatic N) is 2. The van der Waals surface area contributed by atoms with Gasteiger partial charge in [0, 0.05) is 6.20 Å². The van der Waals surface area contributed by atoms with Crippen molar-refractivity contribution < 1.29 is 0 Å². The van der Waals surface area contributed by atoms with Crippen LogP contribution in [0, 0.1) is 6.42 Å². The van der Waals surface area contributed by atoms with Crippen LogP contribution in [0.3, 0.4) is 0 Å². The van der Waals surface area contributed by atoms with Crippen LogP contribution in [-0.2, 0) is 0 Å². The standard InChI is InChI=1S/C13H10N3/c1-2-7-12-11(6-1)15-13(16-12)9-10-5-3-4-8-14-10/h1-9H,(H,15,16). The monoisotopic (exact) mass is 208 g/mol. The van der Waals surface area contributed by atoms with Gasteiger partial charge in [0.25, 0.3) is 0 Å². The first-order chi connectivity index (χ1) is 7.92. The molecule has 0 bridgehead atoms. The minimum absolute atomic E-state index is 0.833. The minimum Gasteiger partial charge on any atom is -0.341 e. The number of aromatic amines is 1. The molecule has 3 heteroatoms. The van der Waals surface area contributed by atoms with Gasteiger partial charge >= 0.3 is 0 Å². The number of hydrogen-bond donors (Lipinski definition) is 1. The Hall–Kier alpha value is -2.16. The lowest BCUT2D eigenvalue weighted by Gasteiger charge is -1.94. The normalized spacial score (nSPS) is 10.8. The summed E-state index contributed by atoms with van der Waals surface area (Å²) in [4.78, 5) is 11.9. The fourth-order valence-corrected chi connectivity index (χ4v) is 1.64. The van der Waals surface area contributed by atoms with Crippen LogP contribution >= 0.6 is 0 Å². The molecule has 0 aliphatic rings. The topological polar surface area (TPSA) is 41.6 Å². The molecule has 0 aliphatic heterocycles. The number of hydrogen-bond acceptors (Lipinski definition) is 2. The maximum Gasteiger partial charge on any atom is 0.117 e. The molecule has 0 atom stereocenters. The van der Waals surface area contributed by atoms with Crippen LogP contribution in [0.15, 0.2) is 48.7 Å². The zero-order valence-corrected chi connectivity index (χ0v) is 8.59. The Bertz CT molecular complexity index is 566. The average molecular weight is 208 g/mol. The Balaban J connectivity index is 1.95. The summed E-state index contributed by atoms with van der Waals surface area (Å²) in [5.74, 6) is 0.833. The van der Waals surface area contributed by atoms with E-state index < -0.39 is 0 Å². The zero-order chi connectivity index (χ0) is 10.8. The van der Waals surface area contributed by atoms with Crippen LogP contribution in [-0.4, -0.2) is 15.0 Å². The first-order valence-corrected chi connectivity index (χ1v) is 5.12. The van der Waals surface area contributed by atoms with Crippen LogP contribution in [0.2, 0.25) is 0 Å². The summed E-state index contributed by atoms with van der Waals surface area (Å²) in [6.45, 7) is 0. The SMILES string of the molecule is [CH](c1ccccn1)c1nc2ccccc2[nH]1. The summed E-state index contributed by atoms with van der Waals surface area (Å²) >= 11 is 0. The number of para-hydroxylation sites is 2. The largest absolute Gasteiger partial charge is 0.341 e. The van der Waals surface area contributed by atoms with E-state index in [4.69, 9.17) is 0 Å². The Kier molecular flexibility index (Phi) is 2.14. The van der Waals surface area contributed by atoms with Crippen molar-refractivity contribution in [2.45, 2.75) is 0 Å². The molecule has 0 spiro atoms. The molecule has 16 heavy (non-hydrogen) atoms. The summed E-state index contributed by atoms with van der Waals surface area (Å²) < 4.78 is 0. The predicted molar refractivity (Wildman–Crippen MR) is 62.8 cm³/mol. The van der Waals surface area contributed by atoms with Crippen LogP contribution < -0.4 is 0 Å². The Morgan fingerprint density at radius 1 is 1.00 bits per heavy atom. The van der Waals surface area contributed by atoms with Crippen molar-refractivity contribution >= 4 is 11.0 Å². The summed E-state index contributed by atoms with van der Waals surface area (Å²) in [6.07, 6.45) is 3.70. The van der Waals surface area contributed by atoms with Crippen molar-refractivity contribution in [1.82, 2.24) is 15.0 Å². The molecule has 3 aromatic rings. The van der Waals surface area contributed by atoms with Crippen LogP contribution in [0.1, 0.15) is 11.5 Å². The summed E-state index contributed by atoms with van der Waals surface area (Å²) in [7, 11) is 0. The van der Waals surface area contributed by atoms with Gasteiger partial charge in [-0.15, -0.1) is 0 Å². The van der Waals surface area contributed by atoms with Gasteiger partial charge in [-0.2, -0.15) is 0 Å². The van der Waals surface area contributed by atoms with Gasteiger partial charge in [0.05, 0.1) is 23.1 Å². The lowest BCUT2D eigenvalue weighted by molar-refractivity contribution is 1.13. The molecular formula is C13H10N3. The van der Waals surface area contributed by atoms with E-state index in [1.54, 1.807) is 6.20 Å². The number of rotatable bonds is 2. The predicted octanol–water partition coefficient (Wildman–Crippen LogP) is 2.56. The van der Waals surface area contributed by atoms with E-state index in [9.17, 15) is 0 Å². The van der Waals surface area contributed by atoms with Crippen LogP contribution in [0.5, 0.6) is 0 Å². The smallest absolute Gasteiger partial charge is 0.117 e. The second kappa shape index (κ2) is 3.77. The molecule has 2 aromatic heterocycles. The quantitative estimate of drug-likeness (QED) is 0.703. The number of benzene rings is 1. The molecule has 1 radical (unpaired) electrons. The molecule has 0 fully saturated rings. The maximum atomic E-state index is 4.46. The number of nitrogens with one attached hydrogen (secondary N) is 1. The Morgan fingerprint density at radius 2 is 1.88 bits per heavy atom. The Labute approximate surface area is 93.2 Å². The minimum atomic E-state index is 0.833. The second-order valence-corrected chi connectivity index (χ2v) is 3.54. The van der Waals surface area contributed by atoms with Gasteiger partial charge in [-0.1, -0.05) is 18.2 Å². The van der Waals surface area contributed by atoms with Gasteiger partial charge in [0.1, 0.15) is 5.82 Å². The van der Waals surface area contributed by atoms with Crippen molar-refractivity contribution in [3.63, 3.8) is 0 Å². The number of pyridine rings is 1. The third-order valence-corrected chi connectivity index (χ3v) is 2.38. The molecule has 0 unspecified atom stereocenters. The molecule has 2 heterocycles. The fraction of sp³-hybridized carbons (Fsp3) is 0. The van der Waals surface area contributed by atoms with Crippen molar-refractivity contribution in [3.8, 4) is 0 Å². The van der Waals surface area contributed by atoms with Crippen LogP contribution in [0.25, 0.3) is 11.0 Å². The van der Waals surface area contributed by atoms with Crippen molar-refractivity contribution in [2.75, 3.05) is 0 Å². The Morgan fingerprint density at radius 3 is 2.69 bits per heavy atom. The van der Waals surface area contributed by atoms with Crippen molar-refractivity contribution in [3.05, 3.63) is 66.6 Å². The molecule has 3 rings (SSSR count). The lowest BCUT2D eigenvalue weighted by Crippen LogP contribution is -1.89. The lowest BCUT2D eigenvalue weighted by atomic mass is 10.3. The fourth-order valence-electron chi connectivity index (χ4n) is 1.64. The molecule has 0 saturated heterocycles. The number of H-pyrrole nitrogens is 1. The first-order valence-electron chi connectivity index (χ1n) is 5.12. The van der Waals surface area contributed by atoms with E-state index >= 15 is 0 Å². The second-order valence-electron chi connectivity index (χ2n) is 3.54. The van der Waals surface area contributed by atoms with Crippen molar-refractivity contribution in [2.24, 2.45) is 0 Å². The maximum absolute atomic E-state index is 4.46. The van der Waals surface area contributed by atoms with Gasteiger partial charge in [0.15, 0.2) is 0 Å². The van der Waals surface area contributed by atoms with Crippen molar-refractivity contribution in [1.29, 1.82) is 0 Å².